The quantitative estimate of drug-likeness (QED) is 0.282. The Bertz CT molecular complexity index is 1220. The molecule has 6 rings (SSSR count). The Morgan fingerprint density at radius 3 is 2.50 bits per heavy atom. The van der Waals surface area contributed by atoms with Crippen LogP contribution in [-0.4, -0.2) is 41.2 Å². The van der Waals surface area contributed by atoms with Gasteiger partial charge in [0.2, 0.25) is 0 Å². The molecular formula is C33H41F3N2O2. The zero-order valence-corrected chi connectivity index (χ0v) is 23.7. The van der Waals surface area contributed by atoms with Crippen molar-refractivity contribution in [2.75, 3.05) is 13.1 Å². The average Bonchev–Trinajstić information content (AvgIpc) is 3.30. The maximum Gasteiger partial charge on any atom is 0.430 e. The van der Waals surface area contributed by atoms with Crippen LogP contribution in [0.3, 0.4) is 0 Å². The Balaban J connectivity index is 1.08. The van der Waals surface area contributed by atoms with Crippen molar-refractivity contribution >= 4 is 11.5 Å². The van der Waals surface area contributed by atoms with Crippen LogP contribution in [0.25, 0.3) is 5.57 Å². The first-order valence-corrected chi connectivity index (χ1v) is 15.0. The van der Waals surface area contributed by atoms with Crippen LogP contribution in [0.4, 0.5) is 13.2 Å². The van der Waals surface area contributed by atoms with E-state index in [0.29, 0.717) is 30.6 Å². The number of halogens is 3. The second-order valence-electron chi connectivity index (χ2n) is 13.3. The molecule has 0 unspecified atom stereocenters. The summed E-state index contributed by atoms with van der Waals surface area (Å²) in [5, 5.41) is 0. The predicted octanol–water partition coefficient (Wildman–Crippen LogP) is 7.74. The van der Waals surface area contributed by atoms with Gasteiger partial charge in [-0.05, 0) is 97.2 Å². The minimum absolute atomic E-state index is 0.134. The molecule has 7 heteroatoms. The summed E-state index contributed by atoms with van der Waals surface area (Å²) in [4.78, 5) is 18.6. The molecule has 0 radical (unpaired) electrons. The lowest BCUT2D eigenvalue weighted by Gasteiger charge is -2.58. The van der Waals surface area contributed by atoms with Gasteiger partial charge in [-0.3, -0.25) is 9.78 Å². The fourth-order valence-electron chi connectivity index (χ4n) is 9.09. The van der Waals surface area contributed by atoms with Gasteiger partial charge in [0.1, 0.15) is 11.8 Å². The van der Waals surface area contributed by atoms with E-state index in [1.807, 2.05) is 18.5 Å². The van der Waals surface area contributed by atoms with Crippen molar-refractivity contribution in [2.45, 2.75) is 83.9 Å². The van der Waals surface area contributed by atoms with Gasteiger partial charge in [-0.2, -0.15) is 13.2 Å². The SMILES string of the molecule is C=C(N1CCC(C(=O)O[C@H]2CC[C@@]3(C)C(=CC[C@@H]4[C@@H]3CC[C@]3(C)C(c5cccnc5)=CC[C@@H]43)C2)CC1)C(F)(F)F. The number of fused-ring (bicyclic) bond motifs is 5. The Hall–Kier alpha value is -2.57. The van der Waals surface area contributed by atoms with E-state index in [4.69, 9.17) is 4.74 Å². The van der Waals surface area contributed by atoms with Crippen molar-refractivity contribution in [3.8, 4) is 0 Å². The molecule has 0 spiro atoms. The van der Waals surface area contributed by atoms with Gasteiger partial charge >= 0.3 is 12.1 Å². The number of carbonyl (C=O) groups excluding carboxylic acids is 1. The third kappa shape index (κ3) is 4.61. The van der Waals surface area contributed by atoms with Gasteiger partial charge in [-0.1, -0.05) is 44.2 Å². The molecule has 4 aliphatic carbocycles. The topological polar surface area (TPSA) is 42.4 Å². The summed E-state index contributed by atoms with van der Waals surface area (Å²) in [6.07, 6.45) is 12.3. The Labute approximate surface area is 235 Å². The van der Waals surface area contributed by atoms with Crippen molar-refractivity contribution in [3.05, 3.63) is 60.1 Å². The van der Waals surface area contributed by atoms with Crippen molar-refractivity contribution in [3.63, 3.8) is 0 Å². The number of carbonyl (C=O) groups is 1. The molecular weight excluding hydrogens is 513 g/mol. The average molecular weight is 555 g/mol. The molecule has 216 valence electrons. The lowest BCUT2D eigenvalue weighted by atomic mass is 9.47. The van der Waals surface area contributed by atoms with Crippen LogP contribution in [0.15, 0.2) is 54.5 Å². The molecule has 40 heavy (non-hydrogen) atoms. The van der Waals surface area contributed by atoms with Gasteiger partial charge in [0.25, 0.3) is 0 Å². The standard InChI is InChI=1S/C33H41F3N2O2/c1-21(33(34,35)36)38-17-12-22(13-18-38)30(39)40-25-10-14-31(2)24(19-25)6-7-26-28-9-8-27(23-5-4-16-37-20-23)32(28,3)15-11-29(26)31/h4-6,8,16,20,22,25-26,28-29H,1,7,9-15,17-19H2,2-3H3/t25-,26-,28-,29-,31-,32+/m0/s1. The lowest BCUT2D eigenvalue weighted by Crippen LogP contribution is -2.50. The molecule has 5 aliphatic rings. The summed E-state index contributed by atoms with van der Waals surface area (Å²) in [6, 6.07) is 4.23. The molecule has 3 fully saturated rings. The third-order valence-electron chi connectivity index (χ3n) is 11.4. The maximum absolute atomic E-state index is 13.0. The first kappa shape index (κ1) is 27.6. The summed E-state index contributed by atoms with van der Waals surface area (Å²) in [5.74, 6) is 1.37. The largest absolute Gasteiger partial charge is 0.462 e. The van der Waals surface area contributed by atoms with E-state index in [9.17, 15) is 18.0 Å². The van der Waals surface area contributed by atoms with E-state index in [0.717, 1.165) is 32.1 Å². The van der Waals surface area contributed by atoms with Gasteiger partial charge in [0, 0.05) is 31.9 Å². The smallest absolute Gasteiger partial charge is 0.430 e. The van der Waals surface area contributed by atoms with Gasteiger partial charge in [0.15, 0.2) is 0 Å². The number of nitrogens with zero attached hydrogens (tertiary/aromatic N) is 2. The first-order valence-electron chi connectivity index (χ1n) is 15.0. The van der Waals surface area contributed by atoms with Crippen molar-refractivity contribution in [1.29, 1.82) is 0 Å². The number of pyridine rings is 1. The van der Waals surface area contributed by atoms with E-state index in [1.165, 1.54) is 34.5 Å². The number of alkyl halides is 3. The van der Waals surface area contributed by atoms with Crippen molar-refractivity contribution in [2.24, 2.45) is 34.5 Å². The van der Waals surface area contributed by atoms with E-state index in [-0.39, 0.29) is 41.9 Å². The Morgan fingerprint density at radius 1 is 1.05 bits per heavy atom. The lowest BCUT2D eigenvalue weighted by molar-refractivity contribution is -0.158. The van der Waals surface area contributed by atoms with Gasteiger partial charge in [0.05, 0.1) is 5.92 Å². The van der Waals surface area contributed by atoms with E-state index < -0.39 is 11.9 Å². The molecule has 0 amide bonds. The summed E-state index contributed by atoms with van der Waals surface area (Å²) in [7, 11) is 0. The second-order valence-corrected chi connectivity index (χ2v) is 13.3. The normalized spacial score (nSPS) is 36.1. The zero-order chi connectivity index (χ0) is 28.3. The summed E-state index contributed by atoms with van der Waals surface area (Å²) in [6.45, 7) is 8.49. The molecule has 1 aromatic rings. The van der Waals surface area contributed by atoms with Crippen LogP contribution in [-0.2, 0) is 9.53 Å². The highest BCUT2D eigenvalue weighted by Crippen LogP contribution is 2.66. The van der Waals surface area contributed by atoms with Crippen LogP contribution < -0.4 is 0 Å². The Kier molecular flexibility index (Phi) is 6.94. The minimum Gasteiger partial charge on any atom is -0.462 e. The number of esters is 1. The van der Waals surface area contributed by atoms with Crippen molar-refractivity contribution < 1.29 is 22.7 Å². The monoisotopic (exact) mass is 554 g/mol. The first-order chi connectivity index (χ1) is 19.0. The van der Waals surface area contributed by atoms with Crippen LogP contribution in [0.1, 0.15) is 77.2 Å². The summed E-state index contributed by atoms with van der Waals surface area (Å²) in [5.41, 5.74) is 3.72. The van der Waals surface area contributed by atoms with Crippen LogP contribution in [0.2, 0.25) is 0 Å². The van der Waals surface area contributed by atoms with Crippen molar-refractivity contribution in [1.82, 2.24) is 9.88 Å². The fraction of sp³-hybridized carbons (Fsp3) is 0.636. The van der Waals surface area contributed by atoms with E-state index in [2.05, 4.69) is 43.6 Å². The fourth-order valence-corrected chi connectivity index (χ4v) is 9.09. The highest BCUT2D eigenvalue weighted by molar-refractivity contribution is 5.73. The second kappa shape index (κ2) is 10.1. The van der Waals surface area contributed by atoms with Crippen LogP contribution >= 0.6 is 0 Å². The third-order valence-corrected chi connectivity index (χ3v) is 11.4. The molecule has 0 N–H and O–H groups in total. The number of piperidine rings is 1. The molecule has 4 nitrogen and oxygen atoms in total. The molecule has 0 bridgehead atoms. The van der Waals surface area contributed by atoms with Gasteiger partial charge in [-0.15, -0.1) is 0 Å². The Morgan fingerprint density at radius 2 is 1.80 bits per heavy atom. The van der Waals surface area contributed by atoms with Gasteiger partial charge < -0.3 is 9.64 Å². The summed E-state index contributed by atoms with van der Waals surface area (Å²) < 4.78 is 45.0. The number of hydrogen-bond acceptors (Lipinski definition) is 4. The molecule has 1 saturated heterocycles. The van der Waals surface area contributed by atoms with Crippen LogP contribution in [0.5, 0.6) is 0 Å². The molecule has 0 aromatic carbocycles. The predicted molar refractivity (Wildman–Crippen MR) is 149 cm³/mol. The number of rotatable bonds is 4. The molecule has 1 aliphatic heterocycles. The number of likely N-dealkylation sites (tertiary alicyclic amines) is 1. The minimum atomic E-state index is -4.43. The summed E-state index contributed by atoms with van der Waals surface area (Å²) >= 11 is 0. The highest BCUT2D eigenvalue weighted by atomic mass is 19.4. The van der Waals surface area contributed by atoms with Crippen LogP contribution in [0, 0.1) is 34.5 Å². The number of aromatic nitrogens is 1. The molecule has 1 aromatic heterocycles. The zero-order valence-electron chi connectivity index (χ0n) is 23.7. The maximum atomic E-state index is 13.0. The number of ether oxygens (including phenoxy) is 1. The molecule has 2 heterocycles. The number of hydrogen-bond donors (Lipinski definition) is 0. The highest BCUT2D eigenvalue weighted by Gasteiger charge is 2.57. The molecule has 6 atom stereocenters. The van der Waals surface area contributed by atoms with E-state index >= 15 is 0 Å². The molecule has 2 saturated carbocycles. The van der Waals surface area contributed by atoms with E-state index in [1.54, 1.807) is 0 Å². The number of allylic oxidation sites excluding steroid dienone is 4. The van der Waals surface area contributed by atoms with Gasteiger partial charge in [-0.25, -0.2) is 0 Å².